The third-order valence-corrected chi connectivity index (χ3v) is 2.86. The first-order chi connectivity index (χ1) is 9.36. The van der Waals surface area contributed by atoms with Gasteiger partial charge in [0, 0.05) is 12.6 Å². The molecule has 0 aliphatic carbocycles. The van der Waals surface area contributed by atoms with Crippen molar-refractivity contribution in [3.8, 4) is 0 Å². The van der Waals surface area contributed by atoms with E-state index in [0.29, 0.717) is 10.6 Å². The molecule has 0 unspecified atom stereocenters. The Hall–Kier alpha value is -1.88. The van der Waals surface area contributed by atoms with Crippen LogP contribution in [0.25, 0.3) is 0 Å². The van der Waals surface area contributed by atoms with Gasteiger partial charge in [-0.25, -0.2) is 0 Å². The molecule has 0 amide bonds. The number of ketones is 1. The first-order valence-corrected chi connectivity index (χ1v) is 6.05. The Labute approximate surface area is 118 Å². The standard InChI is InChI=1S/C14H9ClF3NO/c15-11-4-5-12(19-8-11)13(20)7-9-2-1-3-10(6-9)14(16,17)18/h1-6,8H,7H2. The van der Waals surface area contributed by atoms with E-state index in [9.17, 15) is 18.0 Å². The van der Waals surface area contributed by atoms with Crippen LogP contribution in [0, 0.1) is 0 Å². The predicted molar refractivity (Wildman–Crippen MR) is 68.7 cm³/mol. The van der Waals surface area contributed by atoms with Crippen molar-refractivity contribution in [3.63, 3.8) is 0 Å². The Bertz CT molecular complexity index is 623. The van der Waals surface area contributed by atoms with Gasteiger partial charge in [-0.3, -0.25) is 9.78 Å². The summed E-state index contributed by atoms with van der Waals surface area (Å²) in [4.78, 5) is 15.7. The number of Topliss-reactive ketones (excluding diaryl/α,β-unsaturated/α-hetero) is 1. The van der Waals surface area contributed by atoms with Gasteiger partial charge in [-0.2, -0.15) is 13.2 Å². The molecule has 0 atom stereocenters. The second-order valence-electron chi connectivity index (χ2n) is 4.16. The molecule has 2 nitrogen and oxygen atoms in total. The van der Waals surface area contributed by atoms with Crippen molar-refractivity contribution in [2.45, 2.75) is 12.6 Å². The molecule has 0 saturated carbocycles. The molecular weight excluding hydrogens is 291 g/mol. The van der Waals surface area contributed by atoms with E-state index in [1.165, 1.54) is 30.5 Å². The highest BCUT2D eigenvalue weighted by atomic mass is 35.5. The lowest BCUT2D eigenvalue weighted by Crippen LogP contribution is -2.08. The van der Waals surface area contributed by atoms with Gasteiger partial charge < -0.3 is 0 Å². The number of aromatic nitrogens is 1. The summed E-state index contributed by atoms with van der Waals surface area (Å²) in [7, 11) is 0. The minimum absolute atomic E-state index is 0.140. The third kappa shape index (κ3) is 3.57. The zero-order chi connectivity index (χ0) is 14.8. The van der Waals surface area contributed by atoms with E-state index < -0.39 is 11.7 Å². The van der Waals surface area contributed by atoms with E-state index >= 15 is 0 Å². The van der Waals surface area contributed by atoms with Crippen LogP contribution < -0.4 is 0 Å². The number of halogens is 4. The summed E-state index contributed by atoms with van der Waals surface area (Å²) in [5, 5.41) is 0.389. The van der Waals surface area contributed by atoms with Crippen LogP contribution in [0.5, 0.6) is 0 Å². The molecule has 1 aromatic heterocycles. The van der Waals surface area contributed by atoms with Crippen LogP contribution in [-0.2, 0) is 12.6 Å². The molecule has 0 aliphatic rings. The molecule has 0 saturated heterocycles. The Morgan fingerprint density at radius 1 is 1.20 bits per heavy atom. The lowest BCUT2D eigenvalue weighted by atomic mass is 10.0. The molecule has 6 heteroatoms. The van der Waals surface area contributed by atoms with Gasteiger partial charge in [0.15, 0.2) is 5.78 Å². The first kappa shape index (κ1) is 14.5. The summed E-state index contributed by atoms with van der Waals surface area (Å²) in [6.07, 6.45) is -3.24. The van der Waals surface area contributed by atoms with Gasteiger partial charge in [0.25, 0.3) is 0 Å². The molecule has 0 fully saturated rings. The topological polar surface area (TPSA) is 30.0 Å². The normalized spacial score (nSPS) is 11.4. The molecule has 20 heavy (non-hydrogen) atoms. The second-order valence-corrected chi connectivity index (χ2v) is 4.60. The van der Waals surface area contributed by atoms with Crippen molar-refractivity contribution < 1.29 is 18.0 Å². The summed E-state index contributed by atoms with van der Waals surface area (Å²) in [6.45, 7) is 0. The first-order valence-electron chi connectivity index (χ1n) is 5.67. The maximum Gasteiger partial charge on any atom is 0.416 e. The van der Waals surface area contributed by atoms with E-state index in [4.69, 9.17) is 11.6 Å². The summed E-state index contributed by atoms with van der Waals surface area (Å²) in [6, 6.07) is 7.64. The van der Waals surface area contributed by atoms with E-state index in [2.05, 4.69) is 4.98 Å². The summed E-state index contributed by atoms with van der Waals surface area (Å²) in [5.74, 6) is -0.360. The number of benzene rings is 1. The van der Waals surface area contributed by atoms with Crippen LogP contribution in [0.4, 0.5) is 13.2 Å². The minimum atomic E-state index is -4.42. The van der Waals surface area contributed by atoms with Gasteiger partial charge in [-0.05, 0) is 23.8 Å². The van der Waals surface area contributed by atoms with Crippen LogP contribution in [0.2, 0.25) is 5.02 Å². The number of hydrogen-bond acceptors (Lipinski definition) is 2. The highest BCUT2D eigenvalue weighted by molar-refractivity contribution is 6.30. The Morgan fingerprint density at radius 2 is 1.95 bits per heavy atom. The van der Waals surface area contributed by atoms with Gasteiger partial charge in [0.1, 0.15) is 5.69 Å². The fourth-order valence-corrected chi connectivity index (χ4v) is 1.79. The average Bonchev–Trinajstić information content (AvgIpc) is 2.38. The Morgan fingerprint density at radius 3 is 2.55 bits per heavy atom. The molecule has 0 radical (unpaired) electrons. The maximum absolute atomic E-state index is 12.6. The molecule has 0 spiro atoms. The van der Waals surface area contributed by atoms with Gasteiger partial charge in [0.2, 0.25) is 0 Å². The highest BCUT2D eigenvalue weighted by Crippen LogP contribution is 2.29. The number of carbonyl (C=O) groups excluding carboxylic acids is 1. The van der Waals surface area contributed by atoms with E-state index in [1.54, 1.807) is 0 Å². The molecular formula is C14H9ClF3NO. The Balaban J connectivity index is 2.18. The quantitative estimate of drug-likeness (QED) is 0.796. The Kier molecular flexibility index (Phi) is 4.09. The smallest absolute Gasteiger partial charge is 0.292 e. The molecule has 0 N–H and O–H groups in total. The van der Waals surface area contributed by atoms with Gasteiger partial charge in [-0.15, -0.1) is 0 Å². The molecule has 0 bridgehead atoms. The number of rotatable bonds is 3. The molecule has 0 aliphatic heterocycles. The fourth-order valence-electron chi connectivity index (χ4n) is 1.67. The maximum atomic E-state index is 12.6. The number of pyridine rings is 1. The van der Waals surface area contributed by atoms with Gasteiger partial charge in [0.05, 0.1) is 10.6 Å². The van der Waals surface area contributed by atoms with Crippen molar-refractivity contribution in [1.29, 1.82) is 0 Å². The van der Waals surface area contributed by atoms with Crippen LogP contribution in [-0.4, -0.2) is 10.8 Å². The fraction of sp³-hybridized carbons (Fsp3) is 0.143. The van der Waals surface area contributed by atoms with Crippen molar-refractivity contribution in [3.05, 3.63) is 64.4 Å². The summed E-state index contributed by atoms with van der Waals surface area (Å²) in [5.41, 5.74) is -0.305. The van der Waals surface area contributed by atoms with Crippen LogP contribution in [0.15, 0.2) is 42.6 Å². The van der Waals surface area contributed by atoms with Gasteiger partial charge in [-0.1, -0.05) is 29.8 Å². The monoisotopic (exact) mass is 299 g/mol. The molecule has 2 rings (SSSR count). The predicted octanol–water partition coefficient (Wildman–Crippen LogP) is 4.18. The average molecular weight is 300 g/mol. The van der Waals surface area contributed by atoms with Crippen LogP contribution in [0.3, 0.4) is 0 Å². The van der Waals surface area contributed by atoms with Crippen LogP contribution in [0.1, 0.15) is 21.6 Å². The van der Waals surface area contributed by atoms with Crippen molar-refractivity contribution >= 4 is 17.4 Å². The number of carbonyl (C=O) groups is 1. The highest BCUT2D eigenvalue weighted by Gasteiger charge is 2.30. The number of hydrogen-bond donors (Lipinski definition) is 0. The minimum Gasteiger partial charge on any atom is -0.292 e. The van der Waals surface area contributed by atoms with Gasteiger partial charge >= 0.3 is 6.18 Å². The molecule has 104 valence electrons. The van der Waals surface area contributed by atoms with E-state index in [1.807, 2.05) is 0 Å². The zero-order valence-corrected chi connectivity index (χ0v) is 10.9. The largest absolute Gasteiger partial charge is 0.416 e. The van der Waals surface area contributed by atoms with Crippen LogP contribution >= 0.6 is 11.6 Å². The summed E-state index contributed by atoms with van der Waals surface area (Å²) < 4.78 is 37.7. The van der Waals surface area contributed by atoms with Crippen molar-refractivity contribution in [2.75, 3.05) is 0 Å². The van der Waals surface area contributed by atoms with Crippen molar-refractivity contribution in [1.82, 2.24) is 4.98 Å². The molecule has 1 heterocycles. The lowest BCUT2D eigenvalue weighted by Gasteiger charge is -2.08. The molecule has 2 aromatic rings. The SMILES string of the molecule is O=C(Cc1cccc(C(F)(F)F)c1)c1ccc(Cl)cn1. The van der Waals surface area contributed by atoms with E-state index in [0.717, 1.165) is 12.1 Å². The second kappa shape index (κ2) is 5.63. The lowest BCUT2D eigenvalue weighted by molar-refractivity contribution is -0.137. The summed E-state index contributed by atoms with van der Waals surface area (Å²) >= 11 is 5.65. The zero-order valence-electron chi connectivity index (χ0n) is 10.1. The van der Waals surface area contributed by atoms with E-state index in [-0.39, 0.29) is 17.9 Å². The number of nitrogens with zero attached hydrogens (tertiary/aromatic N) is 1. The molecule has 1 aromatic carbocycles. The van der Waals surface area contributed by atoms with Crippen molar-refractivity contribution in [2.24, 2.45) is 0 Å². The number of alkyl halides is 3. The third-order valence-electron chi connectivity index (χ3n) is 2.63.